The number of rotatable bonds is 15. The summed E-state index contributed by atoms with van der Waals surface area (Å²) in [6, 6.07) is 0. The minimum absolute atomic E-state index is 0.576. The van der Waals surface area contributed by atoms with Crippen LogP contribution in [0.25, 0.3) is 0 Å². The minimum Gasteiger partial charge on any atom is -0.310 e. The van der Waals surface area contributed by atoms with Crippen molar-refractivity contribution < 1.29 is 0 Å². The van der Waals surface area contributed by atoms with Gasteiger partial charge in [0.15, 0.2) is 0 Å². The van der Waals surface area contributed by atoms with Crippen molar-refractivity contribution in [2.45, 2.75) is 111 Å². The van der Waals surface area contributed by atoms with Crippen LogP contribution in [0.3, 0.4) is 0 Å². The molecule has 0 atom stereocenters. The minimum atomic E-state index is 0.576. The normalized spacial score (nSPS) is 11.2. The summed E-state index contributed by atoms with van der Waals surface area (Å²) in [5.74, 6) is 0.576. The fourth-order valence-electron chi connectivity index (χ4n) is 2.92. The smallest absolute Gasteiger partial charge is 0.00891 e. The van der Waals surface area contributed by atoms with Crippen molar-refractivity contribution in [3.05, 3.63) is 0 Å². The molecule has 0 saturated carbocycles. The Balaban J connectivity index is 3.53. The van der Waals surface area contributed by atoms with Gasteiger partial charge in [-0.1, -0.05) is 90.9 Å². The van der Waals surface area contributed by atoms with Gasteiger partial charge in [-0.05, 0) is 25.7 Å². The van der Waals surface area contributed by atoms with E-state index >= 15 is 0 Å². The fraction of sp³-hybridized carbons (Fsp3) is 0.947. The van der Waals surface area contributed by atoms with E-state index in [1.807, 2.05) is 6.92 Å². The van der Waals surface area contributed by atoms with Crippen LogP contribution < -0.4 is 0 Å². The Hall–Kier alpha value is -0.330. The maximum Gasteiger partial charge on any atom is 0.00891 e. The third-order valence-electron chi connectivity index (χ3n) is 4.42. The lowest BCUT2D eigenvalue weighted by Gasteiger charge is -2.15. The summed E-state index contributed by atoms with van der Waals surface area (Å²) in [5, 5.41) is 7.94. The molecule has 0 saturated heterocycles. The second-order valence-electron chi connectivity index (χ2n) is 6.49. The molecule has 0 heterocycles. The summed E-state index contributed by atoms with van der Waals surface area (Å²) in [6.45, 7) is 6.56. The van der Waals surface area contributed by atoms with Gasteiger partial charge in [0, 0.05) is 5.71 Å². The summed E-state index contributed by atoms with van der Waals surface area (Å²) in [7, 11) is 0. The van der Waals surface area contributed by atoms with Crippen LogP contribution >= 0.6 is 0 Å². The van der Waals surface area contributed by atoms with Gasteiger partial charge in [0.1, 0.15) is 0 Å². The zero-order valence-corrected chi connectivity index (χ0v) is 14.5. The molecule has 1 N–H and O–H groups in total. The third kappa shape index (κ3) is 12.7. The van der Waals surface area contributed by atoms with E-state index in [1.54, 1.807) is 0 Å². The first kappa shape index (κ1) is 19.7. The first-order valence-corrected chi connectivity index (χ1v) is 9.27. The van der Waals surface area contributed by atoms with Crippen LogP contribution in [-0.2, 0) is 0 Å². The van der Waals surface area contributed by atoms with Gasteiger partial charge in [0.05, 0.1) is 0 Å². The van der Waals surface area contributed by atoms with Crippen molar-refractivity contribution in [2.75, 3.05) is 0 Å². The average Bonchev–Trinajstić information content (AvgIpc) is 2.43. The van der Waals surface area contributed by atoms with E-state index in [0.717, 1.165) is 5.71 Å². The lowest BCUT2D eigenvalue weighted by Crippen LogP contribution is -2.10. The fourth-order valence-corrected chi connectivity index (χ4v) is 2.92. The monoisotopic (exact) mass is 281 g/mol. The van der Waals surface area contributed by atoms with Gasteiger partial charge in [-0.25, -0.2) is 0 Å². The molecule has 0 aromatic carbocycles. The first-order valence-electron chi connectivity index (χ1n) is 9.27. The Morgan fingerprint density at radius 1 is 0.650 bits per heavy atom. The van der Waals surface area contributed by atoms with Gasteiger partial charge >= 0.3 is 0 Å². The Kier molecular flexibility index (Phi) is 14.8. The molecule has 0 aromatic rings. The predicted molar refractivity (Wildman–Crippen MR) is 92.9 cm³/mol. The van der Waals surface area contributed by atoms with E-state index in [1.165, 1.54) is 89.9 Å². The highest BCUT2D eigenvalue weighted by Crippen LogP contribution is 2.20. The Bertz CT molecular complexity index is 194. The molecule has 1 heteroatoms. The molecule has 120 valence electrons. The molecule has 0 aliphatic rings. The van der Waals surface area contributed by atoms with E-state index < -0.39 is 0 Å². The molecule has 0 rings (SSSR count). The molecule has 0 unspecified atom stereocenters. The predicted octanol–water partition coefficient (Wildman–Crippen LogP) is 7.14. The molecule has 0 bridgehead atoms. The number of hydrogen-bond acceptors (Lipinski definition) is 1. The average molecular weight is 282 g/mol. The molecule has 0 fully saturated rings. The van der Waals surface area contributed by atoms with Crippen LogP contribution in [0.1, 0.15) is 111 Å². The van der Waals surface area contributed by atoms with Gasteiger partial charge in [-0.15, -0.1) is 0 Å². The summed E-state index contributed by atoms with van der Waals surface area (Å²) < 4.78 is 0. The Labute approximate surface area is 128 Å². The van der Waals surface area contributed by atoms with Gasteiger partial charge in [-0.3, -0.25) is 0 Å². The van der Waals surface area contributed by atoms with Crippen LogP contribution in [0.5, 0.6) is 0 Å². The van der Waals surface area contributed by atoms with Crippen molar-refractivity contribution in [1.82, 2.24) is 0 Å². The number of nitrogens with one attached hydrogen (secondary N) is 1. The summed E-state index contributed by atoms with van der Waals surface area (Å²) in [4.78, 5) is 0. The Morgan fingerprint density at radius 3 is 1.35 bits per heavy atom. The molecule has 0 radical (unpaired) electrons. The summed E-state index contributed by atoms with van der Waals surface area (Å²) >= 11 is 0. The Morgan fingerprint density at radius 2 is 1.00 bits per heavy atom. The van der Waals surface area contributed by atoms with Crippen LogP contribution in [0.15, 0.2) is 0 Å². The van der Waals surface area contributed by atoms with Gasteiger partial charge in [0.25, 0.3) is 0 Å². The summed E-state index contributed by atoms with van der Waals surface area (Å²) in [5.41, 5.74) is 0.923. The second kappa shape index (κ2) is 15.1. The van der Waals surface area contributed by atoms with E-state index in [2.05, 4.69) is 13.8 Å². The van der Waals surface area contributed by atoms with Gasteiger partial charge in [0.2, 0.25) is 0 Å². The largest absolute Gasteiger partial charge is 0.310 e. The maximum atomic E-state index is 7.94. The van der Waals surface area contributed by atoms with Crippen LogP contribution in [0, 0.1) is 11.3 Å². The molecule has 1 nitrogen and oxygen atoms in total. The lowest BCUT2D eigenvalue weighted by atomic mass is 9.91. The highest BCUT2D eigenvalue weighted by molar-refractivity contribution is 5.81. The zero-order valence-electron chi connectivity index (χ0n) is 14.5. The maximum absolute atomic E-state index is 7.94. The first-order chi connectivity index (χ1) is 9.72. The van der Waals surface area contributed by atoms with Crippen LogP contribution in [0.2, 0.25) is 0 Å². The lowest BCUT2D eigenvalue weighted by molar-refractivity contribution is 0.481. The van der Waals surface area contributed by atoms with E-state index in [-0.39, 0.29) is 0 Å². The second-order valence-corrected chi connectivity index (χ2v) is 6.49. The van der Waals surface area contributed by atoms with Crippen molar-refractivity contribution in [2.24, 2.45) is 5.92 Å². The number of hydrogen-bond donors (Lipinski definition) is 1. The zero-order chi connectivity index (χ0) is 15.1. The van der Waals surface area contributed by atoms with Crippen molar-refractivity contribution in [1.29, 1.82) is 5.41 Å². The quantitative estimate of drug-likeness (QED) is 0.243. The highest BCUT2D eigenvalue weighted by atomic mass is 14.4. The van der Waals surface area contributed by atoms with E-state index in [0.29, 0.717) is 5.92 Å². The molecular weight excluding hydrogens is 242 g/mol. The number of unbranched alkanes of at least 4 members (excludes halogenated alkanes) is 10. The van der Waals surface area contributed by atoms with E-state index in [9.17, 15) is 0 Å². The molecule has 0 aromatic heterocycles. The van der Waals surface area contributed by atoms with Crippen LogP contribution in [-0.4, -0.2) is 5.71 Å². The molecule has 0 aliphatic heterocycles. The molecule has 0 aliphatic carbocycles. The molecule has 0 spiro atoms. The molecule has 0 amide bonds. The third-order valence-corrected chi connectivity index (χ3v) is 4.42. The van der Waals surface area contributed by atoms with Crippen LogP contribution in [0.4, 0.5) is 0 Å². The standard InChI is InChI=1S/C19H39N/c1-4-6-8-10-12-14-16-19(18(3)20)17-15-13-11-9-7-5-2/h19-20H,4-17H2,1-3H3. The highest BCUT2D eigenvalue weighted by Gasteiger charge is 2.10. The molecular formula is C19H39N. The van der Waals surface area contributed by atoms with Gasteiger partial charge in [-0.2, -0.15) is 0 Å². The van der Waals surface area contributed by atoms with Crippen molar-refractivity contribution >= 4 is 5.71 Å². The van der Waals surface area contributed by atoms with Crippen molar-refractivity contribution in [3.8, 4) is 0 Å². The SMILES string of the molecule is CCCCCCCCC(CCCCCCCC)C(C)=N. The van der Waals surface area contributed by atoms with Gasteiger partial charge < -0.3 is 5.41 Å². The summed E-state index contributed by atoms with van der Waals surface area (Å²) in [6.07, 6.45) is 19.0. The molecule has 20 heavy (non-hydrogen) atoms. The van der Waals surface area contributed by atoms with Crippen molar-refractivity contribution in [3.63, 3.8) is 0 Å². The topological polar surface area (TPSA) is 23.9 Å². The van der Waals surface area contributed by atoms with E-state index in [4.69, 9.17) is 5.41 Å².